The molecule has 0 radical (unpaired) electrons. The Balaban J connectivity index is 2.90. The third-order valence-electron chi connectivity index (χ3n) is 2.23. The fourth-order valence-corrected chi connectivity index (χ4v) is 1.51. The van der Waals surface area contributed by atoms with Crippen molar-refractivity contribution in [2.24, 2.45) is 0 Å². The molecule has 0 spiro atoms. The van der Waals surface area contributed by atoms with Crippen LogP contribution in [0.3, 0.4) is 0 Å². The van der Waals surface area contributed by atoms with Gasteiger partial charge in [-0.1, -0.05) is 23.2 Å². The Hall–Kier alpha value is -0.770. The van der Waals surface area contributed by atoms with Crippen molar-refractivity contribution in [3.63, 3.8) is 0 Å². The lowest BCUT2D eigenvalue weighted by Gasteiger charge is -2.12. The summed E-state index contributed by atoms with van der Waals surface area (Å²) < 4.78 is 4.89. The molecule has 88 valence electrons. The molecule has 0 bridgehead atoms. The molecule has 0 heterocycles. The number of nitrogens with one attached hydrogen (secondary N) is 1. The van der Waals surface area contributed by atoms with Crippen LogP contribution in [0.1, 0.15) is 12.5 Å². The third kappa shape index (κ3) is 3.11. The lowest BCUT2D eigenvalue weighted by atomic mass is 10.2. The highest BCUT2D eigenvalue weighted by Gasteiger charge is 2.14. The van der Waals surface area contributed by atoms with Crippen LogP contribution in [0.15, 0.2) is 12.1 Å². The quantitative estimate of drug-likeness (QED) is 0.907. The number of hydrogen-bond acceptors (Lipinski definition) is 2. The standard InChI is InChI=1S/C11H13Cl2NO2/c1-6-4-9(13)10(5-8(6)12)14-11(15)7(2)16-3/h4-5,7H,1-3H3,(H,14,15). The lowest BCUT2D eigenvalue weighted by Crippen LogP contribution is -2.26. The summed E-state index contributed by atoms with van der Waals surface area (Å²) in [5.41, 5.74) is 1.36. The van der Waals surface area contributed by atoms with Gasteiger partial charge >= 0.3 is 0 Å². The molecule has 0 aliphatic heterocycles. The number of hydrogen-bond donors (Lipinski definition) is 1. The van der Waals surface area contributed by atoms with E-state index in [9.17, 15) is 4.79 Å². The molecule has 1 unspecified atom stereocenters. The van der Waals surface area contributed by atoms with Crippen molar-refractivity contribution in [2.45, 2.75) is 20.0 Å². The van der Waals surface area contributed by atoms with Crippen molar-refractivity contribution in [1.29, 1.82) is 0 Å². The zero-order valence-corrected chi connectivity index (χ0v) is 10.8. The number of amides is 1. The topological polar surface area (TPSA) is 38.3 Å². The second-order valence-corrected chi connectivity index (χ2v) is 4.26. The molecule has 1 aromatic rings. The zero-order chi connectivity index (χ0) is 12.3. The highest BCUT2D eigenvalue weighted by molar-refractivity contribution is 6.36. The van der Waals surface area contributed by atoms with Gasteiger partial charge in [-0.25, -0.2) is 0 Å². The Labute approximate surface area is 105 Å². The number of carbonyl (C=O) groups excluding carboxylic acids is 1. The van der Waals surface area contributed by atoms with E-state index in [-0.39, 0.29) is 5.91 Å². The number of carbonyl (C=O) groups is 1. The SMILES string of the molecule is COC(C)C(=O)Nc1cc(Cl)c(C)cc1Cl. The van der Waals surface area contributed by atoms with E-state index in [0.29, 0.717) is 15.7 Å². The Morgan fingerprint density at radius 1 is 1.38 bits per heavy atom. The van der Waals surface area contributed by atoms with Gasteiger partial charge in [-0.15, -0.1) is 0 Å². The first kappa shape index (κ1) is 13.3. The molecule has 0 saturated heterocycles. The van der Waals surface area contributed by atoms with Gasteiger partial charge in [0.25, 0.3) is 5.91 Å². The minimum absolute atomic E-state index is 0.260. The molecule has 3 nitrogen and oxygen atoms in total. The smallest absolute Gasteiger partial charge is 0.253 e. The molecule has 0 fully saturated rings. The summed E-state index contributed by atoms with van der Waals surface area (Å²) >= 11 is 11.9. The van der Waals surface area contributed by atoms with E-state index in [4.69, 9.17) is 27.9 Å². The van der Waals surface area contributed by atoms with Crippen LogP contribution >= 0.6 is 23.2 Å². The van der Waals surface area contributed by atoms with Gasteiger partial charge < -0.3 is 10.1 Å². The van der Waals surface area contributed by atoms with E-state index in [1.54, 1.807) is 19.1 Å². The van der Waals surface area contributed by atoms with Crippen molar-refractivity contribution < 1.29 is 9.53 Å². The van der Waals surface area contributed by atoms with Gasteiger partial charge in [0.05, 0.1) is 10.7 Å². The molecule has 5 heteroatoms. The fraction of sp³-hybridized carbons (Fsp3) is 0.364. The van der Waals surface area contributed by atoms with Crippen LogP contribution in [0.2, 0.25) is 10.0 Å². The van der Waals surface area contributed by atoms with E-state index in [1.165, 1.54) is 7.11 Å². The summed E-state index contributed by atoms with van der Waals surface area (Å²) in [6.45, 7) is 3.50. The van der Waals surface area contributed by atoms with E-state index >= 15 is 0 Å². The maximum atomic E-state index is 11.6. The summed E-state index contributed by atoms with van der Waals surface area (Å²) in [7, 11) is 1.47. The van der Waals surface area contributed by atoms with Crippen molar-refractivity contribution >= 4 is 34.8 Å². The van der Waals surface area contributed by atoms with Gasteiger partial charge in [-0.3, -0.25) is 4.79 Å². The first-order valence-electron chi connectivity index (χ1n) is 4.75. The van der Waals surface area contributed by atoms with Gasteiger partial charge in [0.2, 0.25) is 0 Å². The van der Waals surface area contributed by atoms with E-state index in [0.717, 1.165) is 5.56 Å². The van der Waals surface area contributed by atoms with Crippen LogP contribution < -0.4 is 5.32 Å². The van der Waals surface area contributed by atoms with Crippen LogP contribution in [-0.4, -0.2) is 19.1 Å². The highest BCUT2D eigenvalue weighted by atomic mass is 35.5. The van der Waals surface area contributed by atoms with E-state index < -0.39 is 6.10 Å². The summed E-state index contributed by atoms with van der Waals surface area (Å²) in [5.74, 6) is -0.260. The molecular formula is C11H13Cl2NO2. The summed E-state index contributed by atoms with van der Waals surface area (Å²) in [4.78, 5) is 11.6. The Bertz CT molecular complexity index is 407. The molecule has 1 aromatic carbocycles. The molecule has 1 atom stereocenters. The average Bonchev–Trinajstić information content (AvgIpc) is 2.24. The number of methoxy groups -OCH3 is 1. The molecule has 0 aromatic heterocycles. The third-order valence-corrected chi connectivity index (χ3v) is 2.95. The molecule has 0 aliphatic rings. The predicted molar refractivity (Wildman–Crippen MR) is 66.3 cm³/mol. The van der Waals surface area contributed by atoms with Crippen LogP contribution in [-0.2, 0) is 9.53 Å². The number of anilines is 1. The molecule has 1 N–H and O–H groups in total. The zero-order valence-electron chi connectivity index (χ0n) is 9.30. The maximum absolute atomic E-state index is 11.6. The van der Waals surface area contributed by atoms with Crippen LogP contribution in [0, 0.1) is 6.92 Å². The van der Waals surface area contributed by atoms with Gasteiger partial charge in [0.15, 0.2) is 0 Å². The van der Waals surface area contributed by atoms with Crippen molar-refractivity contribution in [3.05, 3.63) is 27.7 Å². The Morgan fingerprint density at radius 2 is 2.00 bits per heavy atom. The second-order valence-electron chi connectivity index (χ2n) is 3.45. The normalized spacial score (nSPS) is 12.3. The van der Waals surface area contributed by atoms with Crippen LogP contribution in [0.4, 0.5) is 5.69 Å². The molecule has 0 aliphatic carbocycles. The fourth-order valence-electron chi connectivity index (χ4n) is 1.08. The maximum Gasteiger partial charge on any atom is 0.253 e. The number of aryl methyl sites for hydroxylation is 1. The molecule has 16 heavy (non-hydrogen) atoms. The minimum atomic E-state index is -0.531. The van der Waals surface area contributed by atoms with Gasteiger partial charge in [0.1, 0.15) is 6.10 Å². The van der Waals surface area contributed by atoms with E-state index in [2.05, 4.69) is 5.32 Å². The number of ether oxygens (including phenoxy) is 1. The number of rotatable bonds is 3. The van der Waals surface area contributed by atoms with Crippen LogP contribution in [0.25, 0.3) is 0 Å². The van der Waals surface area contributed by atoms with Gasteiger partial charge in [-0.05, 0) is 31.5 Å². The van der Waals surface area contributed by atoms with Crippen molar-refractivity contribution in [1.82, 2.24) is 0 Å². The molecular weight excluding hydrogens is 249 g/mol. The highest BCUT2D eigenvalue weighted by Crippen LogP contribution is 2.28. The second kappa shape index (κ2) is 5.53. The van der Waals surface area contributed by atoms with Crippen molar-refractivity contribution in [2.75, 3.05) is 12.4 Å². The Morgan fingerprint density at radius 3 is 2.56 bits per heavy atom. The predicted octanol–water partition coefficient (Wildman–Crippen LogP) is 3.28. The number of benzene rings is 1. The van der Waals surface area contributed by atoms with Gasteiger partial charge in [-0.2, -0.15) is 0 Å². The molecule has 0 saturated carbocycles. The summed E-state index contributed by atoms with van der Waals surface area (Å²) in [5, 5.41) is 3.67. The molecule has 1 rings (SSSR count). The molecule has 1 amide bonds. The monoisotopic (exact) mass is 261 g/mol. The van der Waals surface area contributed by atoms with Crippen LogP contribution in [0.5, 0.6) is 0 Å². The van der Waals surface area contributed by atoms with Crippen molar-refractivity contribution in [3.8, 4) is 0 Å². The first-order chi connectivity index (χ1) is 7.45. The number of halogens is 2. The first-order valence-corrected chi connectivity index (χ1v) is 5.50. The summed E-state index contributed by atoms with van der Waals surface area (Å²) in [6, 6.07) is 3.33. The van der Waals surface area contributed by atoms with Gasteiger partial charge in [0, 0.05) is 12.1 Å². The lowest BCUT2D eigenvalue weighted by molar-refractivity contribution is -0.124. The Kier molecular flexibility index (Phi) is 4.59. The minimum Gasteiger partial charge on any atom is -0.372 e. The summed E-state index contributed by atoms with van der Waals surface area (Å²) in [6.07, 6.45) is -0.531. The van der Waals surface area contributed by atoms with E-state index in [1.807, 2.05) is 6.92 Å². The largest absolute Gasteiger partial charge is 0.372 e. The average molecular weight is 262 g/mol.